The highest BCUT2D eigenvalue weighted by Gasteiger charge is 2.31. The second-order valence-electron chi connectivity index (χ2n) is 4.30. The fraction of sp³-hybridized carbons (Fsp3) is 0.818. The van der Waals surface area contributed by atoms with Crippen molar-refractivity contribution in [1.82, 2.24) is 0 Å². The van der Waals surface area contributed by atoms with E-state index in [4.69, 9.17) is 0 Å². The molecule has 11 heavy (non-hydrogen) atoms. The zero-order chi connectivity index (χ0) is 7.84. The molecule has 2 aliphatic carbocycles. The lowest BCUT2D eigenvalue weighted by molar-refractivity contribution is 0.382. The summed E-state index contributed by atoms with van der Waals surface area (Å²) in [7, 11) is 0. The number of rotatable bonds is 0. The molecule has 2 atom stereocenters. The van der Waals surface area contributed by atoms with Crippen molar-refractivity contribution in [1.29, 1.82) is 0 Å². The van der Waals surface area contributed by atoms with Crippen LogP contribution in [0.15, 0.2) is 11.1 Å². The van der Waals surface area contributed by atoms with Crippen LogP contribution in [0.4, 0.5) is 0 Å². The molecule has 2 rings (SSSR count). The molecule has 62 valence electrons. The van der Waals surface area contributed by atoms with Crippen LogP contribution in [0.3, 0.4) is 0 Å². The average Bonchev–Trinajstić information content (AvgIpc) is 2.45. The zero-order valence-corrected chi connectivity index (χ0v) is 7.69. The summed E-state index contributed by atoms with van der Waals surface area (Å²) in [4.78, 5) is 0. The first-order chi connectivity index (χ1) is 5.29. The fourth-order valence-corrected chi connectivity index (χ4v) is 2.87. The first-order valence-electron chi connectivity index (χ1n) is 4.95. The molecule has 0 unspecified atom stereocenters. The van der Waals surface area contributed by atoms with Crippen molar-refractivity contribution in [3.05, 3.63) is 11.1 Å². The van der Waals surface area contributed by atoms with Crippen LogP contribution in [0.25, 0.3) is 0 Å². The maximum atomic E-state index is 2.36. The van der Waals surface area contributed by atoms with E-state index >= 15 is 0 Å². The summed E-state index contributed by atoms with van der Waals surface area (Å²) in [6.07, 6.45) is 7.34. The standard InChI is InChI=1S/C11H18/c1-8-6-7-10-4-3-5-11(10)9(8)2/h10-11H,3-7H2,1-2H3/t10-,11+/m1/s1. The van der Waals surface area contributed by atoms with E-state index in [1.165, 1.54) is 32.1 Å². The van der Waals surface area contributed by atoms with E-state index in [1.807, 2.05) is 0 Å². The van der Waals surface area contributed by atoms with Crippen molar-refractivity contribution >= 4 is 0 Å². The predicted molar refractivity (Wildman–Crippen MR) is 48.4 cm³/mol. The van der Waals surface area contributed by atoms with Crippen molar-refractivity contribution in [3.8, 4) is 0 Å². The van der Waals surface area contributed by atoms with Crippen molar-refractivity contribution in [3.63, 3.8) is 0 Å². The Labute approximate surface area is 69.7 Å². The van der Waals surface area contributed by atoms with Crippen molar-refractivity contribution in [2.45, 2.75) is 46.0 Å². The Morgan fingerprint density at radius 2 is 1.91 bits per heavy atom. The largest absolute Gasteiger partial charge is 0.0741 e. The minimum absolute atomic E-state index is 0.990. The topological polar surface area (TPSA) is 0 Å². The highest BCUT2D eigenvalue weighted by molar-refractivity contribution is 5.18. The smallest absolute Gasteiger partial charge is 0.0175 e. The maximum absolute atomic E-state index is 2.36. The first-order valence-corrected chi connectivity index (χ1v) is 4.95. The van der Waals surface area contributed by atoms with E-state index in [0.717, 1.165) is 11.8 Å². The Hall–Kier alpha value is -0.260. The normalized spacial score (nSPS) is 37.6. The second kappa shape index (κ2) is 2.66. The van der Waals surface area contributed by atoms with Gasteiger partial charge in [-0.2, -0.15) is 0 Å². The first kappa shape index (κ1) is 7.39. The van der Waals surface area contributed by atoms with Crippen molar-refractivity contribution in [2.75, 3.05) is 0 Å². The second-order valence-corrected chi connectivity index (χ2v) is 4.30. The summed E-state index contributed by atoms with van der Waals surface area (Å²) in [5.74, 6) is 2.06. The van der Waals surface area contributed by atoms with Gasteiger partial charge in [-0.25, -0.2) is 0 Å². The predicted octanol–water partition coefficient (Wildman–Crippen LogP) is 3.53. The van der Waals surface area contributed by atoms with Crippen molar-refractivity contribution in [2.24, 2.45) is 11.8 Å². The minimum Gasteiger partial charge on any atom is -0.0741 e. The van der Waals surface area contributed by atoms with Crippen LogP contribution in [-0.4, -0.2) is 0 Å². The molecule has 0 bridgehead atoms. The lowest BCUT2D eigenvalue weighted by atomic mass is 9.78. The summed E-state index contributed by atoms with van der Waals surface area (Å²) >= 11 is 0. The van der Waals surface area contributed by atoms with Gasteiger partial charge in [-0.15, -0.1) is 0 Å². The molecular formula is C11H18. The maximum Gasteiger partial charge on any atom is -0.0175 e. The number of hydrogen-bond donors (Lipinski definition) is 0. The molecule has 0 aromatic carbocycles. The van der Waals surface area contributed by atoms with Gasteiger partial charge in [0, 0.05) is 0 Å². The van der Waals surface area contributed by atoms with Gasteiger partial charge in [0.1, 0.15) is 0 Å². The molecule has 0 aliphatic heterocycles. The summed E-state index contributed by atoms with van der Waals surface area (Å²) in [5, 5.41) is 0. The van der Waals surface area contributed by atoms with Gasteiger partial charge in [-0.1, -0.05) is 17.6 Å². The van der Waals surface area contributed by atoms with E-state index < -0.39 is 0 Å². The van der Waals surface area contributed by atoms with E-state index in [2.05, 4.69) is 13.8 Å². The molecule has 0 N–H and O–H groups in total. The number of allylic oxidation sites excluding steroid dienone is 2. The molecule has 0 aromatic rings. The molecule has 1 fully saturated rings. The summed E-state index contributed by atoms with van der Waals surface area (Å²) in [5.41, 5.74) is 3.42. The van der Waals surface area contributed by atoms with Crippen LogP contribution in [0.2, 0.25) is 0 Å². The molecule has 0 aromatic heterocycles. The minimum atomic E-state index is 0.990. The monoisotopic (exact) mass is 150 g/mol. The average molecular weight is 150 g/mol. The summed E-state index contributed by atoms with van der Waals surface area (Å²) in [6.45, 7) is 4.68. The van der Waals surface area contributed by atoms with E-state index in [9.17, 15) is 0 Å². The molecule has 0 heterocycles. The van der Waals surface area contributed by atoms with Crippen LogP contribution >= 0.6 is 0 Å². The molecule has 0 radical (unpaired) electrons. The van der Waals surface area contributed by atoms with Gasteiger partial charge in [0.2, 0.25) is 0 Å². The Morgan fingerprint density at radius 1 is 1.09 bits per heavy atom. The Balaban J connectivity index is 2.23. The van der Waals surface area contributed by atoms with E-state index in [1.54, 1.807) is 11.1 Å². The van der Waals surface area contributed by atoms with Gasteiger partial charge in [-0.3, -0.25) is 0 Å². The van der Waals surface area contributed by atoms with Crippen molar-refractivity contribution < 1.29 is 0 Å². The van der Waals surface area contributed by atoms with Crippen LogP contribution in [-0.2, 0) is 0 Å². The van der Waals surface area contributed by atoms with Gasteiger partial charge in [0.15, 0.2) is 0 Å². The SMILES string of the molecule is CC1=C(C)[C@@H]2CCC[C@@H]2CC1. The quantitative estimate of drug-likeness (QED) is 0.463. The molecule has 0 amide bonds. The van der Waals surface area contributed by atoms with Crippen LogP contribution in [0.1, 0.15) is 46.0 Å². The Kier molecular flexibility index (Phi) is 1.78. The summed E-state index contributed by atoms with van der Waals surface area (Å²) in [6, 6.07) is 0. The lowest BCUT2D eigenvalue weighted by Crippen LogP contribution is -2.15. The van der Waals surface area contributed by atoms with Crippen LogP contribution in [0.5, 0.6) is 0 Å². The van der Waals surface area contributed by atoms with E-state index in [0.29, 0.717) is 0 Å². The number of fused-ring (bicyclic) bond motifs is 1. The van der Waals surface area contributed by atoms with Gasteiger partial charge < -0.3 is 0 Å². The Bertz CT molecular complexity index is 188. The van der Waals surface area contributed by atoms with E-state index in [-0.39, 0.29) is 0 Å². The lowest BCUT2D eigenvalue weighted by Gasteiger charge is -2.27. The summed E-state index contributed by atoms with van der Waals surface area (Å²) < 4.78 is 0. The van der Waals surface area contributed by atoms with Gasteiger partial charge >= 0.3 is 0 Å². The highest BCUT2D eigenvalue weighted by atomic mass is 14.4. The van der Waals surface area contributed by atoms with Gasteiger partial charge in [-0.05, 0) is 51.4 Å². The van der Waals surface area contributed by atoms with Gasteiger partial charge in [0.25, 0.3) is 0 Å². The van der Waals surface area contributed by atoms with Crippen LogP contribution < -0.4 is 0 Å². The molecule has 2 aliphatic rings. The number of hydrogen-bond acceptors (Lipinski definition) is 0. The third-order valence-corrected chi connectivity index (χ3v) is 3.78. The molecule has 0 nitrogen and oxygen atoms in total. The highest BCUT2D eigenvalue weighted by Crippen LogP contribution is 2.44. The molecule has 1 saturated carbocycles. The van der Waals surface area contributed by atoms with Gasteiger partial charge in [0.05, 0.1) is 0 Å². The molecule has 0 heteroatoms. The fourth-order valence-electron chi connectivity index (χ4n) is 2.87. The molecule has 0 spiro atoms. The molecular weight excluding hydrogens is 132 g/mol. The zero-order valence-electron chi connectivity index (χ0n) is 7.69. The van der Waals surface area contributed by atoms with Crippen LogP contribution in [0, 0.1) is 11.8 Å². The third kappa shape index (κ3) is 1.13. The Morgan fingerprint density at radius 3 is 2.73 bits per heavy atom. The molecule has 0 saturated heterocycles. The third-order valence-electron chi connectivity index (χ3n) is 3.78.